The van der Waals surface area contributed by atoms with E-state index in [1.165, 1.54) is 0 Å². The quantitative estimate of drug-likeness (QED) is 0.162. The van der Waals surface area contributed by atoms with Gasteiger partial charge < -0.3 is 28.4 Å². The number of hydrogen-bond acceptors (Lipinski definition) is 6. The summed E-state index contributed by atoms with van der Waals surface area (Å²) in [5, 5.41) is 0. The molecule has 0 fully saturated rings. The SMILES string of the molecule is C#CCOCCOCCOc1cc(I)c(OCCOCCOCC#C)cc1I. The van der Waals surface area contributed by atoms with Crippen LogP contribution in [0.2, 0.25) is 0 Å². The van der Waals surface area contributed by atoms with Crippen molar-refractivity contribution < 1.29 is 28.4 Å². The third-order valence-corrected chi connectivity index (χ3v) is 4.76. The van der Waals surface area contributed by atoms with Gasteiger partial charge >= 0.3 is 0 Å². The fraction of sp³-hybridized carbons (Fsp3) is 0.500. The minimum atomic E-state index is 0.304. The van der Waals surface area contributed by atoms with Gasteiger partial charge in [0.2, 0.25) is 0 Å². The molecule has 6 nitrogen and oxygen atoms in total. The van der Waals surface area contributed by atoms with E-state index < -0.39 is 0 Å². The molecule has 0 aliphatic carbocycles. The van der Waals surface area contributed by atoms with E-state index in [0.29, 0.717) is 66.1 Å². The summed E-state index contributed by atoms with van der Waals surface area (Å²) >= 11 is 4.44. The summed E-state index contributed by atoms with van der Waals surface area (Å²) < 4.78 is 34.6. The maximum absolute atomic E-state index is 5.77. The van der Waals surface area contributed by atoms with E-state index in [0.717, 1.165) is 18.6 Å². The highest BCUT2D eigenvalue weighted by Gasteiger charge is 2.09. The third kappa shape index (κ3) is 11.9. The van der Waals surface area contributed by atoms with Crippen LogP contribution in [-0.4, -0.2) is 66.1 Å². The van der Waals surface area contributed by atoms with Crippen LogP contribution in [0.25, 0.3) is 0 Å². The van der Waals surface area contributed by atoms with Gasteiger partial charge in [-0.1, -0.05) is 11.8 Å². The minimum absolute atomic E-state index is 0.304. The molecule has 0 aliphatic rings. The molecule has 0 aliphatic heterocycles. The molecule has 1 aromatic rings. The number of ether oxygens (including phenoxy) is 6. The zero-order valence-electron chi connectivity index (χ0n) is 15.6. The van der Waals surface area contributed by atoms with E-state index in [-0.39, 0.29) is 0 Å². The Morgan fingerprint density at radius 3 is 1.36 bits per heavy atom. The molecule has 0 spiro atoms. The van der Waals surface area contributed by atoms with Gasteiger partial charge in [0.15, 0.2) is 0 Å². The van der Waals surface area contributed by atoms with Gasteiger partial charge in [-0.15, -0.1) is 12.8 Å². The Labute approximate surface area is 194 Å². The lowest BCUT2D eigenvalue weighted by Gasteiger charge is -2.13. The second-order valence-electron chi connectivity index (χ2n) is 5.15. The molecule has 0 unspecified atom stereocenters. The zero-order valence-corrected chi connectivity index (χ0v) is 19.9. The zero-order chi connectivity index (χ0) is 20.5. The molecule has 0 atom stereocenters. The molecule has 0 aromatic heterocycles. The first-order valence-electron chi connectivity index (χ1n) is 8.61. The van der Waals surface area contributed by atoms with Crippen molar-refractivity contribution in [1.29, 1.82) is 0 Å². The van der Waals surface area contributed by atoms with Crippen LogP contribution >= 0.6 is 45.2 Å². The molecule has 0 N–H and O–H groups in total. The summed E-state index contributed by atoms with van der Waals surface area (Å²) in [6.45, 7) is 4.42. The third-order valence-electron chi connectivity index (χ3n) is 3.07. The van der Waals surface area contributed by atoms with Crippen molar-refractivity contribution in [3.63, 3.8) is 0 Å². The Bertz CT molecular complexity index is 583. The average molecular weight is 614 g/mol. The number of rotatable bonds is 16. The highest BCUT2D eigenvalue weighted by atomic mass is 127. The largest absolute Gasteiger partial charge is 0.490 e. The van der Waals surface area contributed by atoms with E-state index >= 15 is 0 Å². The smallest absolute Gasteiger partial charge is 0.134 e. The highest BCUT2D eigenvalue weighted by molar-refractivity contribution is 14.1. The van der Waals surface area contributed by atoms with Gasteiger partial charge in [-0.3, -0.25) is 0 Å². The summed E-state index contributed by atoms with van der Waals surface area (Å²) in [7, 11) is 0. The lowest BCUT2D eigenvalue weighted by atomic mass is 10.3. The Morgan fingerprint density at radius 2 is 0.964 bits per heavy atom. The van der Waals surface area contributed by atoms with Crippen LogP contribution in [0.1, 0.15) is 0 Å². The molecule has 0 radical (unpaired) electrons. The molecule has 0 saturated heterocycles. The summed E-state index contributed by atoms with van der Waals surface area (Å²) in [6, 6.07) is 3.89. The Hall–Kier alpha value is -0.760. The lowest BCUT2D eigenvalue weighted by molar-refractivity contribution is 0.0455. The first-order valence-corrected chi connectivity index (χ1v) is 10.8. The van der Waals surface area contributed by atoms with Crippen LogP contribution in [0.15, 0.2) is 12.1 Å². The van der Waals surface area contributed by atoms with Gasteiger partial charge in [0.05, 0.1) is 46.8 Å². The topological polar surface area (TPSA) is 55.4 Å². The van der Waals surface area contributed by atoms with Gasteiger partial charge in [-0.05, 0) is 57.3 Å². The molecule has 0 bridgehead atoms. The van der Waals surface area contributed by atoms with Crippen molar-refractivity contribution in [1.82, 2.24) is 0 Å². The van der Waals surface area contributed by atoms with Crippen LogP contribution in [0.5, 0.6) is 11.5 Å². The van der Waals surface area contributed by atoms with E-state index in [4.69, 9.17) is 41.3 Å². The van der Waals surface area contributed by atoms with E-state index in [1.807, 2.05) is 12.1 Å². The maximum Gasteiger partial charge on any atom is 0.134 e. The highest BCUT2D eigenvalue weighted by Crippen LogP contribution is 2.31. The standard InChI is InChI=1S/C20H24I2O6/c1-3-5-23-7-9-25-11-13-27-19-15-18(22)20(16-17(19)21)28-14-12-26-10-8-24-6-4-2/h1-2,15-16H,5-14H2. The molecule has 1 rings (SSSR count). The molecule has 28 heavy (non-hydrogen) atoms. The fourth-order valence-electron chi connectivity index (χ4n) is 1.85. The van der Waals surface area contributed by atoms with Crippen LogP contribution in [0.3, 0.4) is 0 Å². The monoisotopic (exact) mass is 614 g/mol. The molecule has 1 aromatic carbocycles. The second kappa shape index (κ2) is 17.1. The maximum atomic E-state index is 5.77. The molecule has 0 amide bonds. The molecule has 8 heteroatoms. The molecule has 0 saturated carbocycles. The van der Waals surface area contributed by atoms with Crippen molar-refractivity contribution >= 4 is 45.2 Å². The molecule has 0 heterocycles. The summed E-state index contributed by atoms with van der Waals surface area (Å²) in [6.07, 6.45) is 10.2. The Kier molecular flexibility index (Phi) is 15.5. The van der Waals surface area contributed by atoms with Crippen molar-refractivity contribution in [2.45, 2.75) is 0 Å². The number of benzene rings is 1. The minimum Gasteiger partial charge on any atom is -0.490 e. The van der Waals surface area contributed by atoms with E-state index in [1.54, 1.807) is 0 Å². The van der Waals surface area contributed by atoms with Crippen LogP contribution in [0.4, 0.5) is 0 Å². The van der Waals surface area contributed by atoms with Gasteiger partial charge in [0.1, 0.15) is 37.9 Å². The summed E-state index contributed by atoms with van der Waals surface area (Å²) in [4.78, 5) is 0. The molecular formula is C20H24I2O6. The average Bonchev–Trinajstić information content (AvgIpc) is 2.69. The van der Waals surface area contributed by atoms with Crippen molar-refractivity contribution in [3.8, 4) is 36.2 Å². The van der Waals surface area contributed by atoms with Crippen LogP contribution in [-0.2, 0) is 18.9 Å². The van der Waals surface area contributed by atoms with E-state index in [9.17, 15) is 0 Å². The van der Waals surface area contributed by atoms with Crippen molar-refractivity contribution in [3.05, 3.63) is 19.3 Å². The van der Waals surface area contributed by atoms with Crippen molar-refractivity contribution in [2.24, 2.45) is 0 Å². The first kappa shape index (κ1) is 25.3. The number of terminal acetylenes is 2. The predicted molar refractivity (Wildman–Crippen MR) is 124 cm³/mol. The molecular weight excluding hydrogens is 590 g/mol. The summed E-state index contributed by atoms with van der Waals surface area (Å²) in [5.41, 5.74) is 0. The lowest BCUT2D eigenvalue weighted by Crippen LogP contribution is -2.12. The van der Waals surface area contributed by atoms with Gasteiger partial charge in [-0.25, -0.2) is 0 Å². The van der Waals surface area contributed by atoms with Gasteiger partial charge in [0.25, 0.3) is 0 Å². The van der Waals surface area contributed by atoms with Gasteiger partial charge in [0, 0.05) is 0 Å². The number of hydrogen-bond donors (Lipinski definition) is 0. The Morgan fingerprint density at radius 1 is 0.607 bits per heavy atom. The van der Waals surface area contributed by atoms with Crippen LogP contribution in [0, 0.1) is 31.8 Å². The van der Waals surface area contributed by atoms with Crippen LogP contribution < -0.4 is 9.47 Å². The number of halogens is 2. The fourth-order valence-corrected chi connectivity index (χ4v) is 3.04. The van der Waals surface area contributed by atoms with Gasteiger partial charge in [-0.2, -0.15) is 0 Å². The van der Waals surface area contributed by atoms with E-state index in [2.05, 4.69) is 57.0 Å². The second-order valence-corrected chi connectivity index (χ2v) is 7.47. The summed E-state index contributed by atoms with van der Waals surface area (Å²) in [5.74, 6) is 6.40. The molecule has 154 valence electrons. The predicted octanol–water partition coefficient (Wildman–Crippen LogP) is 2.99. The first-order chi connectivity index (χ1) is 13.7. The van der Waals surface area contributed by atoms with Crippen molar-refractivity contribution in [2.75, 3.05) is 66.1 Å². The normalized spacial score (nSPS) is 10.3. The Balaban J connectivity index is 2.22.